The van der Waals surface area contributed by atoms with Gasteiger partial charge in [-0.15, -0.1) is 4.52 Å². The summed E-state index contributed by atoms with van der Waals surface area (Å²) in [5.74, 6) is -1.42. The third-order valence-electron chi connectivity index (χ3n) is 5.19. The molecule has 0 amide bonds. The predicted molar refractivity (Wildman–Crippen MR) is 116 cm³/mol. The van der Waals surface area contributed by atoms with E-state index in [0.717, 1.165) is 29.6 Å². The number of hydrogen-bond donors (Lipinski definition) is 2. The summed E-state index contributed by atoms with van der Waals surface area (Å²) >= 11 is 0. The molecule has 0 spiro atoms. The van der Waals surface area contributed by atoms with Crippen molar-refractivity contribution in [2.75, 3.05) is 12.8 Å². The maximum absolute atomic E-state index is 13.4. The first kappa shape index (κ1) is 24.4. The van der Waals surface area contributed by atoms with Gasteiger partial charge in [0, 0.05) is 0 Å². The second-order valence-corrected chi connectivity index (χ2v) is 10.6. The topological polar surface area (TPSA) is 83.8 Å². The molecule has 2 N–H and O–H groups in total. The molecule has 2 rings (SSSR count). The Bertz CT molecular complexity index is 840. The lowest BCUT2D eigenvalue weighted by Gasteiger charge is -2.43. The van der Waals surface area contributed by atoms with Crippen molar-refractivity contribution in [2.45, 2.75) is 53.1 Å². The Morgan fingerprint density at radius 2 is 1.90 bits per heavy atom. The van der Waals surface area contributed by atoms with E-state index in [4.69, 9.17) is 9.63 Å². The molecule has 1 aromatic rings. The highest BCUT2D eigenvalue weighted by Gasteiger charge is 2.38. The largest absolute Gasteiger partial charge is 0.511 e. The van der Waals surface area contributed by atoms with E-state index in [0.29, 0.717) is 0 Å². The summed E-state index contributed by atoms with van der Waals surface area (Å²) in [4.78, 5) is 10.6. The van der Waals surface area contributed by atoms with E-state index in [1.807, 2.05) is 6.08 Å². The van der Waals surface area contributed by atoms with Crippen molar-refractivity contribution >= 4 is 19.6 Å². The Balaban J connectivity index is 2.16. The SMILES string of the molecule is CC1(C)CC(c2ccc(F)cc2)=C(C=CCO[P+](=O)C[C@@H](O)CC(=O)O)C(C)(C)C1. The molecule has 0 saturated carbocycles. The minimum absolute atomic E-state index is 0.0919. The molecule has 1 unspecified atom stereocenters. The highest BCUT2D eigenvalue weighted by Crippen LogP contribution is 2.52. The number of aliphatic carboxylic acids is 1. The minimum Gasteiger partial charge on any atom is -0.481 e. The highest BCUT2D eigenvalue weighted by molar-refractivity contribution is 7.39. The Hall–Kier alpha value is -1.88. The second-order valence-electron chi connectivity index (χ2n) is 9.27. The number of benzene rings is 1. The smallest absolute Gasteiger partial charge is 0.481 e. The first-order chi connectivity index (χ1) is 13.9. The maximum Gasteiger partial charge on any atom is 0.511 e. The summed E-state index contributed by atoms with van der Waals surface area (Å²) < 4.78 is 30.6. The van der Waals surface area contributed by atoms with E-state index in [2.05, 4.69) is 27.7 Å². The van der Waals surface area contributed by atoms with Crippen molar-refractivity contribution in [3.05, 3.63) is 53.4 Å². The van der Waals surface area contributed by atoms with Crippen LogP contribution < -0.4 is 0 Å². The summed E-state index contributed by atoms with van der Waals surface area (Å²) in [6, 6.07) is 6.53. The van der Waals surface area contributed by atoms with Crippen LogP contribution in [0.25, 0.3) is 5.57 Å². The van der Waals surface area contributed by atoms with E-state index in [1.165, 1.54) is 12.1 Å². The third kappa shape index (κ3) is 7.12. The predicted octanol–water partition coefficient (Wildman–Crippen LogP) is 5.58. The Kier molecular flexibility index (Phi) is 8.09. The zero-order valence-electron chi connectivity index (χ0n) is 18.0. The zero-order chi connectivity index (χ0) is 22.5. The summed E-state index contributed by atoms with van der Waals surface area (Å²) in [5, 5.41) is 18.2. The van der Waals surface area contributed by atoms with Crippen LogP contribution in [0.2, 0.25) is 0 Å². The van der Waals surface area contributed by atoms with Crippen molar-refractivity contribution in [1.29, 1.82) is 0 Å². The van der Waals surface area contributed by atoms with E-state index in [1.54, 1.807) is 18.2 Å². The molecule has 7 heteroatoms. The van der Waals surface area contributed by atoms with Gasteiger partial charge >= 0.3 is 14.0 Å². The Labute approximate surface area is 178 Å². The summed E-state index contributed by atoms with van der Waals surface area (Å²) in [6.45, 7) is 8.92. The quantitative estimate of drug-likeness (QED) is 0.493. The molecule has 1 aromatic carbocycles. The molecule has 1 aliphatic rings. The molecule has 0 aromatic heterocycles. The molecule has 164 valence electrons. The fraction of sp³-hybridized carbons (Fsp3) is 0.522. The van der Waals surface area contributed by atoms with Gasteiger partial charge in [-0.2, -0.15) is 0 Å². The number of carboxylic acids is 1. The van der Waals surface area contributed by atoms with Crippen molar-refractivity contribution in [1.82, 2.24) is 0 Å². The van der Waals surface area contributed by atoms with Gasteiger partial charge in [-0.05, 0) is 57.1 Å². The van der Waals surface area contributed by atoms with Crippen LogP contribution in [0.15, 0.2) is 42.0 Å². The van der Waals surface area contributed by atoms with Gasteiger partial charge in [0.25, 0.3) is 0 Å². The van der Waals surface area contributed by atoms with Gasteiger partial charge < -0.3 is 10.2 Å². The number of aliphatic hydroxyl groups excluding tert-OH is 1. The molecule has 0 bridgehead atoms. The van der Waals surface area contributed by atoms with Crippen LogP contribution in [0.1, 0.15) is 52.5 Å². The van der Waals surface area contributed by atoms with Gasteiger partial charge in [-0.25, -0.2) is 4.39 Å². The van der Waals surface area contributed by atoms with Crippen molar-refractivity contribution in [3.8, 4) is 0 Å². The Morgan fingerprint density at radius 3 is 2.50 bits per heavy atom. The number of hydrogen-bond acceptors (Lipinski definition) is 4. The molecule has 1 aliphatic carbocycles. The fourth-order valence-electron chi connectivity index (χ4n) is 4.35. The van der Waals surface area contributed by atoms with Crippen LogP contribution in [0.5, 0.6) is 0 Å². The number of halogens is 1. The second kappa shape index (κ2) is 9.95. The standard InChI is InChI=1S/C23H30FO5P/c1-22(2)13-19(16-7-9-17(24)10-8-16)20(23(3,4)15-22)6-5-11-29-30(28)14-18(25)12-21(26)27/h5-10,18,25H,11-15H2,1-4H3/p+1/t18-/m0/s1. The van der Waals surface area contributed by atoms with Gasteiger partial charge in [0.1, 0.15) is 18.5 Å². The minimum atomic E-state index is -2.15. The average Bonchev–Trinajstić information content (AvgIpc) is 2.58. The van der Waals surface area contributed by atoms with Crippen molar-refractivity contribution < 1.29 is 28.5 Å². The molecule has 0 saturated heterocycles. The summed E-state index contributed by atoms with van der Waals surface area (Å²) in [5.41, 5.74) is 3.28. The van der Waals surface area contributed by atoms with Gasteiger partial charge in [0.2, 0.25) is 6.16 Å². The molecule has 2 atom stereocenters. The van der Waals surface area contributed by atoms with Crippen LogP contribution in [0, 0.1) is 16.6 Å². The number of aliphatic hydroxyl groups is 1. The molecule has 0 aliphatic heterocycles. The third-order valence-corrected chi connectivity index (χ3v) is 6.35. The number of carboxylic acid groups (broad SMARTS) is 1. The van der Waals surface area contributed by atoms with Crippen molar-refractivity contribution in [3.63, 3.8) is 0 Å². The lowest BCUT2D eigenvalue weighted by Crippen LogP contribution is -2.30. The fourth-order valence-corrected chi connectivity index (χ4v) is 5.19. The van der Waals surface area contributed by atoms with Crippen molar-refractivity contribution in [2.24, 2.45) is 10.8 Å². The van der Waals surface area contributed by atoms with Crippen LogP contribution >= 0.6 is 8.03 Å². The van der Waals surface area contributed by atoms with E-state index in [9.17, 15) is 18.9 Å². The van der Waals surface area contributed by atoms with E-state index in [-0.39, 0.29) is 29.4 Å². The maximum atomic E-state index is 13.4. The first-order valence-corrected chi connectivity index (χ1v) is 11.4. The van der Waals surface area contributed by atoms with Crippen LogP contribution in [-0.4, -0.2) is 35.1 Å². The van der Waals surface area contributed by atoms with Gasteiger partial charge in [0.05, 0.1) is 6.42 Å². The lowest BCUT2D eigenvalue weighted by atomic mass is 9.61. The average molecular weight is 437 g/mol. The van der Waals surface area contributed by atoms with Gasteiger partial charge in [0.15, 0.2) is 0 Å². The first-order valence-electron chi connectivity index (χ1n) is 10.0. The van der Waals surface area contributed by atoms with Crippen LogP contribution in [0.4, 0.5) is 4.39 Å². The van der Waals surface area contributed by atoms with Crippen LogP contribution in [0.3, 0.4) is 0 Å². The monoisotopic (exact) mass is 437 g/mol. The molecular formula is C23H31FO5P+. The molecule has 0 radical (unpaired) electrons. The van der Waals surface area contributed by atoms with E-state index < -0.39 is 26.5 Å². The zero-order valence-corrected chi connectivity index (χ0v) is 18.9. The molecule has 0 fully saturated rings. The molecule has 0 heterocycles. The van der Waals surface area contributed by atoms with E-state index >= 15 is 0 Å². The number of allylic oxidation sites excluding steroid dienone is 3. The number of rotatable bonds is 9. The highest BCUT2D eigenvalue weighted by atomic mass is 31.1. The Morgan fingerprint density at radius 1 is 1.27 bits per heavy atom. The molecule has 5 nitrogen and oxygen atoms in total. The van der Waals surface area contributed by atoms with Gasteiger partial charge in [-0.3, -0.25) is 4.79 Å². The normalized spacial score (nSPS) is 19.7. The molecule has 30 heavy (non-hydrogen) atoms. The van der Waals surface area contributed by atoms with Gasteiger partial charge in [-0.1, -0.05) is 52.0 Å². The lowest BCUT2D eigenvalue weighted by molar-refractivity contribution is -0.138. The number of carbonyl (C=O) groups is 1. The summed E-state index contributed by atoms with van der Waals surface area (Å²) in [7, 11) is -2.15. The van der Waals surface area contributed by atoms with Crippen LogP contribution in [-0.2, 0) is 13.9 Å². The summed E-state index contributed by atoms with van der Waals surface area (Å²) in [6.07, 6.45) is 3.75. The molecular weight excluding hydrogens is 406 g/mol.